The normalized spacial score (nSPS) is 10.7. The molecule has 0 bridgehead atoms. The van der Waals surface area contributed by atoms with Crippen LogP contribution >= 0.6 is 0 Å². The molecule has 0 aliphatic carbocycles. The van der Waals surface area contributed by atoms with Crippen molar-refractivity contribution in [3.05, 3.63) is 53.1 Å². The van der Waals surface area contributed by atoms with Crippen LogP contribution in [0.4, 0.5) is 5.69 Å². The summed E-state index contributed by atoms with van der Waals surface area (Å²) in [7, 11) is 1.78. The quantitative estimate of drug-likeness (QED) is 0.539. The molecule has 0 amide bonds. The molecule has 0 radical (unpaired) electrons. The van der Waals surface area contributed by atoms with Gasteiger partial charge >= 0.3 is 0 Å². The minimum Gasteiger partial charge on any atom is -0.453 e. The highest BCUT2D eigenvalue weighted by Crippen LogP contribution is 2.34. The third-order valence-corrected chi connectivity index (χ3v) is 2.86. The number of fused-ring (bicyclic) bond motifs is 1. The van der Waals surface area contributed by atoms with E-state index in [1.807, 2.05) is 0 Å². The summed E-state index contributed by atoms with van der Waals surface area (Å²) in [6.07, 6.45) is 6.33. The standard InChI is InChI=1S/C13H10N4O3/c1-16-8-9(6-15-16)20-13-3-2-12(17(18)19)11-7-14-5-4-10(11)13/h2-8H,1H3. The molecule has 0 N–H and O–H groups in total. The molecule has 0 unspecified atom stereocenters. The first-order valence-corrected chi connectivity index (χ1v) is 5.83. The van der Waals surface area contributed by atoms with Crippen LogP contribution in [0.5, 0.6) is 11.5 Å². The van der Waals surface area contributed by atoms with Crippen molar-refractivity contribution in [2.75, 3.05) is 0 Å². The number of ether oxygens (including phenoxy) is 1. The van der Waals surface area contributed by atoms with E-state index >= 15 is 0 Å². The summed E-state index contributed by atoms with van der Waals surface area (Å²) in [6, 6.07) is 4.68. The van der Waals surface area contributed by atoms with Gasteiger partial charge in [0.2, 0.25) is 0 Å². The van der Waals surface area contributed by atoms with Gasteiger partial charge in [0.05, 0.1) is 22.7 Å². The number of nitro benzene ring substituents is 1. The van der Waals surface area contributed by atoms with Crippen LogP contribution in [0, 0.1) is 10.1 Å². The maximum absolute atomic E-state index is 11.0. The Labute approximate surface area is 113 Å². The minimum absolute atomic E-state index is 0.00615. The number of benzene rings is 1. The second-order valence-corrected chi connectivity index (χ2v) is 4.21. The molecule has 100 valence electrons. The summed E-state index contributed by atoms with van der Waals surface area (Å²) in [6.45, 7) is 0. The van der Waals surface area contributed by atoms with Gasteiger partial charge in [-0.2, -0.15) is 5.10 Å². The molecule has 7 nitrogen and oxygen atoms in total. The summed E-state index contributed by atoms with van der Waals surface area (Å²) in [5.74, 6) is 1.10. The van der Waals surface area contributed by atoms with Gasteiger partial charge in [-0.25, -0.2) is 0 Å². The van der Waals surface area contributed by atoms with Gasteiger partial charge in [0.1, 0.15) is 5.75 Å². The molecule has 0 fully saturated rings. The Balaban J connectivity index is 2.12. The zero-order chi connectivity index (χ0) is 14.1. The fourth-order valence-corrected chi connectivity index (χ4v) is 1.97. The molecular weight excluding hydrogens is 260 g/mol. The number of rotatable bonds is 3. The fourth-order valence-electron chi connectivity index (χ4n) is 1.97. The Kier molecular flexibility index (Phi) is 2.79. The van der Waals surface area contributed by atoms with E-state index in [4.69, 9.17) is 4.74 Å². The number of nitro groups is 1. The maximum Gasteiger partial charge on any atom is 0.279 e. The first kappa shape index (κ1) is 12.1. The van der Waals surface area contributed by atoms with Crippen molar-refractivity contribution in [2.45, 2.75) is 0 Å². The van der Waals surface area contributed by atoms with Crippen LogP contribution in [0.25, 0.3) is 10.8 Å². The van der Waals surface area contributed by atoms with Gasteiger partial charge in [0, 0.05) is 30.9 Å². The zero-order valence-electron chi connectivity index (χ0n) is 10.6. The SMILES string of the molecule is Cn1cc(Oc2ccc([N+](=O)[O-])c3cnccc23)cn1. The first-order valence-electron chi connectivity index (χ1n) is 5.83. The lowest BCUT2D eigenvalue weighted by Crippen LogP contribution is -1.92. The molecule has 7 heteroatoms. The summed E-state index contributed by atoms with van der Waals surface area (Å²) in [5, 5.41) is 16.1. The molecular formula is C13H10N4O3. The van der Waals surface area contributed by atoms with Crippen LogP contribution in [0.1, 0.15) is 0 Å². The van der Waals surface area contributed by atoms with Crippen molar-refractivity contribution in [3.8, 4) is 11.5 Å². The molecule has 2 heterocycles. The molecule has 2 aromatic heterocycles. The van der Waals surface area contributed by atoms with Crippen molar-refractivity contribution >= 4 is 16.5 Å². The van der Waals surface area contributed by atoms with Gasteiger partial charge in [-0.3, -0.25) is 19.8 Å². The molecule has 1 aromatic carbocycles. The van der Waals surface area contributed by atoms with Crippen LogP contribution in [0.2, 0.25) is 0 Å². The zero-order valence-corrected chi connectivity index (χ0v) is 10.6. The minimum atomic E-state index is -0.433. The monoisotopic (exact) mass is 270 g/mol. The molecule has 0 atom stereocenters. The van der Waals surface area contributed by atoms with E-state index < -0.39 is 4.92 Å². The summed E-state index contributed by atoms with van der Waals surface area (Å²) in [5.41, 5.74) is 0.00615. The lowest BCUT2D eigenvalue weighted by molar-refractivity contribution is -0.383. The highest BCUT2D eigenvalue weighted by atomic mass is 16.6. The number of hydrogen-bond donors (Lipinski definition) is 0. The van der Waals surface area contributed by atoms with Crippen LogP contribution in [-0.4, -0.2) is 19.7 Å². The second-order valence-electron chi connectivity index (χ2n) is 4.21. The van der Waals surface area contributed by atoms with Crippen molar-refractivity contribution in [3.63, 3.8) is 0 Å². The Morgan fingerprint density at radius 1 is 1.25 bits per heavy atom. The predicted molar refractivity (Wildman–Crippen MR) is 71.7 cm³/mol. The van der Waals surface area contributed by atoms with E-state index in [0.29, 0.717) is 22.3 Å². The van der Waals surface area contributed by atoms with Gasteiger partial charge in [-0.15, -0.1) is 0 Å². The third kappa shape index (κ3) is 2.05. The molecule has 0 saturated heterocycles. The lowest BCUT2D eigenvalue weighted by atomic mass is 10.1. The summed E-state index contributed by atoms with van der Waals surface area (Å²) in [4.78, 5) is 14.5. The molecule has 0 aliphatic rings. The van der Waals surface area contributed by atoms with E-state index in [2.05, 4.69) is 10.1 Å². The average molecular weight is 270 g/mol. The summed E-state index contributed by atoms with van der Waals surface area (Å²) >= 11 is 0. The second kappa shape index (κ2) is 4.61. The van der Waals surface area contributed by atoms with Crippen molar-refractivity contribution in [1.29, 1.82) is 0 Å². The molecule has 0 spiro atoms. The van der Waals surface area contributed by atoms with Crippen molar-refractivity contribution in [2.24, 2.45) is 7.05 Å². The topological polar surface area (TPSA) is 83.1 Å². The Morgan fingerprint density at radius 2 is 2.10 bits per heavy atom. The fraction of sp³-hybridized carbons (Fsp3) is 0.0769. The first-order chi connectivity index (χ1) is 9.65. The van der Waals surface area contributed by atoms with Gasteiger partial charge in [0.15, 0.2) is 5.75 Å². The largest absolute Gasteiger partial charge is 0.453 e. The molecule has 3 rings (SSSR count). The Hall–Kier alpha value is -2.96. The smallest absolute Gasteiger partial charge is 0.279 e. The van der Waals surface area contributed by atoms with Crippen LogP contribution in [0.3, 0.4) is 0 Å². The van der Waals surface area contributed by atoms with Crippen molar-refractivity contribution in [1.82, 2.24) is 14.8 Å². The van der Waals surface area contributed by atoms with E-state index in [-0.39, 0.29) is 5.69 Å². The number of non-ortho nitro benzene ring substituents is 1. The highest BCUT2D eigenvalue weighted by Gasteiger charge is 2.15. The lowest BCUT2D eigenvalue weighted by Gasteiger charge is -2.07. The average Bonchev–Trinajstić information content (AvgIpc) is 2.84. The molecule has 0 saturated carbocycles. The van der Waals surface area contributed by atoms with Crippen LogP contribution in [-0.2, 0) is 7.05 Å². The summed E-state index contributed by atoms with van der Waals surface area (Å²) < 4.78 is 7.33. The predicted octanol–water partition coefficient (Wildman–Crippen LogP) is 2.67. The van der Waals surface area contributed by atoms with Gasteiger partial charge in [0.25, 0.3) is 5.69 Å². The maximum atomic E-state index is 11.0. The third-order valence-electron chi connectivity index (χ3n) is 2.86. The molecule has 0 aliphatic heterocycles. The van der Waals surface area contributed by atoms with E-state index in [1.54, 1.807) is 42.5 Å². The van der Waals surface area contributed by atoms with Gasteiger partial charge in [-0.1, -0.05) is 0 Å². The number of aryl methyl sites for hydroxylation is 1. The van der Waals surface area contributed by atoms with E-state index in [1.165, 1.54) is 12.3 Å². The number of hydrogen-bond acceptors (Lipinski definition) is 5. The Bertz CT molecular complexity index is 797. The van der Waals surface area contributed by atoms with Crippen molar-refractivity contribution < 1.29 is 9.66 Å². The van der Waals surface area contributed by atoms with Gasteiger partial charge < -0.3 is 4.74 Å². The molecule has 20 heavy (non-hydrogen) atoms. The van der Waals surface area contributed by atoms with Crippen LogP contribution < -0.4 is 4.74 Å². The van der Waals surface area contributed by atoms with E-state index in [0.717, 1.165) is 0 Å². The number of pyridine rings is 1. The number of nitrogens with zero attached hydrogens (tertiary/aromatic N) is 4. The Morgan fingerprint density at radius 3 is 2.80 bits per heavy atom. The molecule has 3 aromatic rings. The van der Waals surface area contributed by atoms with E-state index in [9.17, 15) is 10.1 Å². The van der Waals surface area contributed by atoms with Gasteiger partial charge in [-0.05, 0) is 12.1 Å². The highest BCUT2D eigenvalue weighted by molar-refractivity contribution is 5.94. The number of aromatic nitrogens is 3. The van der Waals surface area contributed by atoms with Crippen LogP contribution in [0.15, 0.2) is 43.0 Å².